The molecule has 104 valence electrons. The van der Waals surface area contributed by atoms with Gasteiger partial charge in [0.05, 0.1) is 58.5 Å². The van der Waals surface area contributed by atoms with Crippen molar-refractivity contribution < 1.29 is 24.1 Å². The van der Waals surface area contributed by atoms with Crippen LogP contribution < -0.4 is 0 Å². The summed E-state index contributed by atoms with van der Waals surface area (Å²) in [6, 6.07) is 0. The van der Waals surface area contributed by atoms with Crippen LogP contribution in [0.4, 0.5) is 0 Å². The summed E-state index contributed by atoms with van der Waals surface area (Å²) in [7, 11) is 0. The molecular formula is C12H26O5. The summed E-state index contributed by atoms with van der Waals surface area (Å²) in [6.45, 7) is 9.15. The van der Waals surface area contributed by atoms with Gasteiger partial charge in [-0.25, -0.2) is 0 Å². The van der Waals surface area contributed by atoms with E-state index in [0.29, 0.717) is 39.6 Å². The van der Waals surface area contributed by atoms with E-state index in [0.717, 1.165) is 0 Å². The summed E-state index contributed by atoms with van der Waals surface area (Å²) >= 11 is 0. The minimum atomic E-state index is 0.0521. The van der Waals surface area contributed by atoms with E-state index in [1.54, 1.807) is 0 Å². The third-order valence-corrected chi connectivity index (χ3v) is 1.90. The van der Waals surface area contributed by atoms with Crippen molar-refractivity contribution in [2.75, 3.05) is 46.2 Å². The maximum absolute atomic E-state index is 8.46. The Morgan fingerprint density at radius 3 is 2.00 bits per heavy atom. The van der Waals surface area contributed by atoms with Crippen molar-refractivity contribution in [2.45, 2.75) is 33.0 Å². The van der Waals surface area contributed by atoms with Crippen LogP contribution in [-0.2, 0) is 18.9 Å². The Balaban J connectivity index is 3.11. The number of aliphatic hydroxyl groups excluding tert-OH is 1. The van der Waals surface area contributed by atoms with Gasteiger partial charge in [-0.15, -0.1) is 0 Å². The van der Waals surface area contributed by atoms with E-state index in [1.165, 1.54) is 0 Å². The fraction of sp³-hybridized carbons (Fsp3) is 1.00. The second kappa shape index (κ2) is 12.3. The lowest BCUT2D eigenvalue weighted by atomic mass is 10.4. The molecule has 0 aliphatic carbocycles. The molecule has 1 unspecified atom stereocenters. The number of ether oxygens (including phenoxy) is 4. The van der Waals surface area contributed by atoms with Gasteiger partial charge in [0, 0.05) is 0 Å². The zero-order valence-corrected chi connectivity index (χ0v) is 11.2. The van der Waals surface area contributed by atoms with Crippen LogP contribution in [0.2, 0.25) is 0 Å². The Morgan fingerprint density at radius 2 is 1.41 bits per heavy atom. The van der Waals surface area contributed by atoms with Gasteiger partial charge >= 0.3 is 0 Å². The van der Waals surface area contributed by atoms with Crippen molar-refractivity contribution in [3.8, 4) is 0 Å². The SMILES string of the molecule is CC(C)OCC(C)OCCOCCOCCO. The summed E-state index contributed by atoms with van der Waals surface area (Å²) in [5.74, 6) is 0. The van der Waals surface area contributed by atoms with Crippen molar-refractivity contribution in [2.24, 2.45) is 0 Å². The van der Waals surface area contributed by atoms with E-state index in [4.69, 9.17) is 24.1 Å². The molecule has 0 heterocycles. The van der Waals surface area contributed by atoms with Gasteiger partial charge in [0.25, 0.3) is 0 Å². The molecule has 0 bridgehead atoms. The highest BCUT2D eigenvalue weighted by Crippen LogP contribution is 1.95. The smallest absolute Gasteiger partial charge is 0.0781 e. The molecule has 17 heavy (non-hydrogen) atoms. The van der Waals surface area contributed by atoms with Gasteiger partial charge in [-0.05, 0) is 20.8 Å². The van der Waals surface area contributed by atoms with Crippen molar-refractivity contribution in [1.82, 2.24) is 0 Å². The van der Waals surface area contributed by atoms with Gasteiger partial charge in [-0.1, -0.05) is 0 Å². The van der Waals surface area contributed by atoms with E-state index < -0.39 is 0 Å². The molecular weight excluding hydrogens is 224 g/mol. The Kier molecular flexibility index (Phi) is 12.1. The van der Waals surface area contributed by atoms with E-state index >= 15 is 0 Å². The fourth-order valence-corrected chi connectivity index (χ4v) is 1.07. The van der Waals surface area contributed by atoms with Crippen LogP contribution in [-0.4, -0.2) is 63.6 Å². The van der Waals surface area contributed by atoms with Gasteiger partial charge in [0.2, 0.25) is 0 Å². The zero-order valence-electron chi connectivity index (χ0n) is 11.2. The topological polar surface area (TPSA) is 57.2 Å². The molecule has 1 atom stereocenters. The quantitative estimate of drug-likeness (QED) is 0.520. The molecule has 5 nitrogen and oxygen atoms in total. The molecule has 0 saturated heterocycles. The summed E-state index contributed by atoms with van der Waals surface area (Å²) in [5.41, 5.74) is 0. The first-order chi connectivity index (χ1) is 8.16. The average molecular weight is 250 g/mol. The highest BCUT2D eigenvalue weighted by atomic mass is 16.6. The number of rotatable bonds is 12. The molecule has 0 rings (SSSR count). The molecule has 0 fully saturated rings. The van der Waals surface area contributed by atoms with Crippen molar-refractivity contribution >= 4 is 0 Å². The second-order valence-electron chi connectivity index (χ2n) is 4.01. The summed E-state index contributed by atoms with van der Waals surface area (Å²) in [5, 5.41) is 8.46. The lowest BCUT2D eigenvalue weighted by molar-refractivity contribution is -0.0486. The van der Waals surface area contributed by atoms with E-state index in [-0.39, 0.29) is 18.8 Å². The van der Waals surface area contributed by atoms with Crippen LogP contribution in [0.1, 0.15) is 20.8 Å². The lowest BCUT2D eigenvalue weighted by Crippen LogP contribution is -2.21. The highest BCUT2D eigenvalue weighted by molar-refractivity contribution is 4.48. The van der Waals surface area contributed by atoms with E-state index in [1.807, 2.05) is 20.8 Å². The highest BCUT2D eigenvalue weighted by Gasteiger charge is 2.03. The lowest BCUT2D eigenvalue weighted by Gasteiger charge is -2.15. The molecule has 1 N–H and O–H groups in total. The predicted octanol–water partition coefficient (Wildman–Crippen LogP) is 0.842. The van der Waals surface area contributed by atoms with Gasteiger partial charge < -0.3 is 24.1 Å². The van der Waals surface area contributed by atoms with Crippen LogP contribution in [0.5, 0.6) is 0 Å². The molecule has 0 aromatic heterocycles. The Morgan fingerprint density at radius 1 is 0.824 bits per heavy atom. The first-order valence-corrected chi connectivity index (χ1v) is 6.16. The Bertz CT molecular complexity index is 152. The van der Waals surface area contributed by atoms with Gasteiger partial charge in [-0.3, -0.25) is 0 Å². The van der Waals surface area contributed by atoms with Crippen LogP contribution in [0, 0.1) is 0 Å². The summed E-state index contributed by atoms with van der Waals surface area (Å²) < 4.78 is 21.2. The zero-order chi connectivity index (χ0) is 12.9. The minimum absolute atomic E-state index is 0.0521. The number of hydrogen-bond donors (Lipinski definition) is 1. The molecule has 0 amide bonds. The standard InChI is InChI=1S/C12H26O5/c1-11(2)17-10-12(3)16-9-8-15-7-6-14-5-4-13/h11-13H,4-10H2,1-3H3. The number of aliphatic hydroxyl groups is 1. The third-order valence-electron chi connectivity index (χ3n) is 1.90. The molecule has 0 aromatic carbocycles. The van der Waals surface area contributed by atoms with Gasteiger partial charge in [-0.2, -0.15) is 0 Å². The second-order valence-corrected chi connectivity index (χ2v) is 4.01. The maximum Gasteiger partial charge on any atom is 0.0781 e. The van der Waals surface area contributed by atoms with Crippen LogP contribution >= 0.6 is 0 Å². The minimum Gasteiger partial charge on any atom is -0.394 e. The normalized spacial score (nSPS) is 13.2. The predicted molar refractivity (Wildman–Crippen MR) is 65.2 cm³/mol. The van der Waals surface area contributed by atoms with Crippen molar-refractivity contribution in [3.05, 3.63) is 0 Å². The Labute approximate surface area is 104 Å². The van der Waals surface area contributed by atoms with Crippen LogP contribution in [0.15, 0.2) is 0 Å². The molecule has 5 heteroatoms. The molecule has 0 aliphatic heterocycles. The fourth-order valence-electron chi connectivity index (χ4n) is 1.07. The van der Waals surface area contributed by atoms with Gasteiger partial charge in [0.1, 0.15) is 0 Å². The van der Waals surface area contributed by atoms with Crippen LogP contribution in [0.25, 0.3) is 0 Å². The molecule has 0 radical (unpaired) electrons. The molecule has 0 spiro atoms. The first-order valence-electron chi connectivity index (χ1n) is 6.16. The third kappa shape index (κ3) is 13.7. The average Bonchev–Trinajstić information content (AvgIpc) is 2.30. The first kappa shape index (κ1) is 16.8. The molecule has 0 aromatic rings. The van der Waals surface area contributed by atoms with Crippen molar-refractivity contribution in [3.63, 3.8) is 0 Å². The maximum atomic E-state index is 8.46. The van der Waals surface area contributed by atoms with Gasteiger partial charge in [0.15, 0.2) is 0 Å². The Hall–Kier alpha value is -0.200. The van der Waals surface area contributed by atoms with Crippen molar-refractivity contribution in [1.29, 1.82) is 0 Å². The summed E-state index contributed by atoms with van der Waals surface area (Å²) in [4.78, 5) is 0. The molecule has 0 aliphatic rings. The number of hydrogen-bond acceptors (Lipinski definition) is 5. The van der Waals surface area contributed by atoms with E-state index in [9.17, 15) is 0 Å². The van der Waals surface area contributed by atoms with E-state index in [2.05, 4.69) is 0 Å². The largest absolute Gasteiger partial charge is 0.394 e. The van der Waals surface area contributed by atoms with Crippen LogP contribution in [0.3, 0.4) is 0 Å². The monoisotopic (exact) mass is 250 g/mol. The molecule has 0 saturated carbocycles. The summed E-state index contributed by atoms with van der Waals surface area (Å²) in [6.07, 6.45) is 0.326.